The number of halogens is 2. The lowest BCUT2D eigenvalue weighted by Gasteiger charge is -2.26. The van der Waals surface area contributed by atoms with Gasteiger partial charge in [-0.15, -0.1) is 0 Å². The monoisotopic (exact) mass is 227 g/mol. The van der Waals surface area contributed by atoms with Gasteiger partial charge in [-0.2, -0.15) is 0 Å². The number of likely N-dealkylation sites (tertiary alicyclic amines) is 1. The molecule has 0 bridgehead atoms. The van der Waals surface area contributed by atoms with Crippen molar-refractivity contribution in [2.24, 2.45) is 0 Å². The quantitative estimate of drug-likeness (QED) is 0.854. The molecule has 1 N–H and O–H groups in total. The third-order valence-corrected chi connectivity index (χ3v) is 3.09. The van der Waals surface area contributed by atoms with E-state index in [4.69, 9.17) is 0 Å². The van der Waals surface area contributed by atoms with Crippen LogP contribution in [0.3, 0.4) is 0 Å². The molecule has 0 spiro atoms. The Hall–Kier alpha value is -1.00. The summed E-state index contributed by atoms with van der Waals surface area (Å²) in [6.45, 7) is 1.33. The Kier molecular flexibility index (Phi) is 3.51. The Labute approximate surface area is 93.5 Å². The number of hydrogen-bond acceptors (Lipinski definition) is 2. The van der Waals surface area contributed by atoms with E-state index >= 15 is 0 Å². The molecule has 2 nitrogen and oxygen atoms in total. The molecule has 88 valence electrons. The molecule has 16 heavy (non-hydrogen) atoms. The van der Waals surface area contributed by atoms with Crippen molar-refractivity contribution in [3.8, 4) is 0 Å². The van der Waals surface area contributed by atoms with E-state index in [-0.39, 0.29) is 12.2 Å². The second kappa shape index (κ2) is 4.89. The van der Waals surface area contributed by atoms with Crippen molar-refractivity contribution in [2.75, 3.05) is 19.7 Å². The summed E-state index contributed by atoms with van der Waals surface area (Å²) in [4.78, 5) is 1.93. The highest BCUT2D eigenvalue weighted by Crippen LogP contribution is 2.28. The predicted molar refractivity (Wildman–Crippen MR) is 57.0 cm³/mol. The van der Waals surface area contributed by atoms with Crippen LogP contribution in [-0.2, 0) is 0 Å². The molecule has 1 aromatic carbocycles. The van der Waals surface area contributed by atoms with Crippen LogP contribution >= 0.6 is 0 Å². The Morgan fingerprint density at radius 1 is 1.19 bits per heavy atom. The molecule has 0 aliphatic carbocycles. The van der Waals surface area contributed by atoms with E-state index in [0.29, 0.717) is 0 Å². The molecule has 1 heterocycles. The van der Waals surface area contributed by atoms with Crippen LogP contribution in [0.1, 0.15) is 24.4 Å². The summed E-state index contributed by atoms with van der Waals surface area (Å²) in [5.74, 6) is -1.16. The first-order chi connectivity index (χ1) is 7.74. The standard InChI is InChI=1S/C12H15F2NO/c13-9-4-3-5-10(14)12(9)11(8-16)15-6-1-2-7-15/h3-5,11,16H,1-2,6-8H2/t11-/m0/s1. The van der Waals surface area contributed by atoms with E-state index in [1.54, 1.807) is 0 Å². The largest absolute Gasteiger partial charge is 0.394 e. The highest BCUT2D eigenvalue weighted by Gasteiger charge is 2.27. The fourth-order valence-corrected chi connectivity index (χ4v) is 2.27. The lowest BCUT2D eigenvalue weighted by atomic mass is 10.0. The number of benzene rings is 1. The Morgan fingerprint density at radius 3 is 2.25 bits per heavy atom. The van der Waals surface area contributed by atoms with Crippen LogP contribution in [0.15, 0.2) is 18.2 Å². The van der Waals surface area contributed by atoms with E-state index in [2.05, 4.69) is 0 Å². The van der Waals surface area contributed by atoms with Gasteiger partial charge in [-0.05, 0) is 38.1 Å². The Bertz CT molecular complexity index is 344. The number of nitrogens with zero attached hydrogens (tertiary/aromatic N) is 1. The second-order valence-corrected chi connectivity index (χ2v) is 4.08. The van der Waals surface area contributed by atoms with Gasteiger partial charge in [0.1, 0.15) is 11.6 Å². The minimum absolute atomic E-state index is 0.00750. The molecule has 2 rings (SSSR count). The van der Waals surface area contributed by atoms with Gasteiger partial charge in [0, 0.05) is 5.56 Å². The maximum Gasteiger partial charge on any atom is 0.131 e. The molecule has 0 radical (unpaired) electrons. The number of rotatable bonds is 3. The molecule has 0 unspecified atom stereocenters. The van der Waals surface area contributed by atoms with E-state index in [9.17, 15) is 13.9 Å². The van der Waals surface area contributed by atoms with Crippen LogP contribution in [0, 0.1) is 11.6 Å². The minimum Gasteiger partial charge on any atom is -0.394 e. The first-order valence-corrected chi connectivity index (χ1v) is 5.53. The van der Waals surface area contributed by atoms with E-state index in [0.717, 1.165) is 25.9 Å². The van der Waals surface area contributed by atoms with Gasteiger partial charge < -0.3 is 5.11 Å². The summed E-state index contributed by atoms with van der Waals surface area (Å²) in [5, 5.41) is 9.31. The summed E-state index contributed by atoms with van der Waals surface area (Å²) in [5.41, 5.74) is -0.00750. The fraction of sp³-hybridized carbons (Fsp3) is 0.500. The average molecular weight is 227 g/mol. The van der Waals surface area contributed by atoms with Crippen molar-refractivity contribution >= 4 is 0 Å². The molecule has 1 fully saturated rings. The Balaban J connectivity index is 2.32. The van der Waals surface area contributed by atoms with Crippen molar-refractivity contribution in [2.45, 2.75) is 18.9 Å². The summed E-state index contributed by atoms with van der Waals surface area (Å²) >= 11 is 0. The van der Waals surface area contributed by atoms with Crippen LogP contribution in [0.25, 0.3) is 0 Å². The third-order valence-electron chi connectivity index (χ3n) is 3.09. The molecule has 0 aromatic heterocycles. The van der Waals surface area contributed by atoms with Crippen LogP contribution in [0.5, 0.6) is 0 Å². The first-order valence-electron chi connectivity index (χ1n) is 5.53. The maximum atomic E-state index is 13.6. The predicted octanol–water partition coefficient (Wildman–Crippen LogP) is 2.09. The molecule has 0 amide bonds. The second-order valence-electron chi connectivity index (χ2n) is 4.08. The van der Waals surface area contributed by atoms with Crippen molar-refractivity contribution in [3.63, 3.8) is 0 Å². The molecule has 1 saturated heterocycles. The van der Waals surface area contributed by atoms with E-state index < -0.39 is 17.7 Å². The van der Waals surface area contributed by atoms with Crippen molar-refractivity contribution < 1.29 is 13.9 Å². The van der Waals surface area contributed by atoms with Crippen molar-refractivity contribution in [3.05, 3.63) is 35.4 Å². The van der Waals surface area contributed by atoms with Crippen LogP contribution in [0.2, 0.25) is 0 Å². The summed E-state index contributed by atoms with van der Waals surface area (Å²) < 4.78 is 27.1. The summed E-state index contributed by atoms with van der Waals surface area (Å²) in [7, 11) is 0. The van der Waals surface area contributed by atoms with Gasteiger partial charge >= 0.3 is 0 Å². The van der Waals surface area contributed by atoms with Crippen molar-refractivity contribution in [1.29, 1.82) is 0 Å². The number of aliphatic hydroxyl groups excluding tert-OH is 1. The third kappa shape index (κ3) is 2.08. The maximum absolute atomic E-state index is 13.6. The van der Waals surface area contributed by atoms with Gasteiger partial charge in [0.15, 0.2) is 0 Å². The van der Waals surface area contributed by atoms with Gasteiger partial charge in [0.25, 0.3) is 0 Å². The molecule has 1 aliphatic rings. The topological polar surface area (TPSA) is 23.5 Å². The lowest BCUT2D eigenvalue weighted by Crippen LogP contribution is -2.29. The molecule has 0 saturated carbocycles. The SMILES string of the molecule is OC[C@@H](c1c(F)cccc1F)N1CCCC1. The molecular weight excluding hydrogens is 212 g/mol. The van der Waals surface area contributed by atoms with Crippen LogP contribution < -0.4 is 0 Å². The molecule has 1 atom stereocenters. The normalized spacial score (nSPS) is 18.9. The molecule has 1 aliphatic heterocycles. The van der Waals surface area contributed by atoms with Gasteiger partial charge in [-0.3, -0.25) is 4.90 Å². The zero-order valence-electron chi connectivity index (χ0n) is 9.00. The first kappa shape index (κ1) is 11.5. The molecule has 1 aromatic rings. The summed E-state index contributed by atoms with van der Waals surface area (Å²) in [6.07, 6.45) is 2.04. The van der Waals surface area contributed by atoms with Crippen LogP contribution in [0.4, 0.5) is 8.78 Å². The van der Waals surface area contributed by atoms with Gasteiger partial charge in [0.05, 0.1) is 12.6 Å². The van der Waals surface area contributed by atoms with Gasteiger partial charge in [-0.1, -0.05) is 6.07 Å². The highest BCUT2D eigenvalue weighted by molar-refractivity contribution is 5.23. The van der Waals surface area contributed by atoms with Crippen LogP contribution in [-0.4, -0.2) is 29.7 Å². The smallest absolute Gasteiger partial charge is 0.131 e. The zero-order valence-corrected chi connectivity index (χ0v) is 9.00. The minimum atomic E-state index is -0.578. The number of hydrogen-bond donors (Lipinski definition) is 1. The highest BCUT2D eigenvalue weighted by atomic mass is 19.1. The van der Waals surface area contributed by atoms with E-state index in [1.165, 1.54) is 18.2 Å². The van der Waals surface area contributed by atoms with E-state index in [1.807, 2.05) is 4.90 Å². The summed E-state index contributed by atoms with van der Waals surface area (Å²) in [6, 6.07) is 3.25. The van der Waals surface area contributed by atoms with Gasteiger partial charge in [0.2, 0.25) is 0 Å². The van der Waals surface area contributed by atoms with Gasteiger partial charge in [-0.25, -0.2) is 8.78 Å². The lowest BCUT2D eigenvalue weighted by molar-refractivity contribution is 0.140. The molecule has 4 heteroatoms. The molecular formula is C12H15F2NO. The zero-order chi connectivity index (χ0) is 11.5. The average Bonchev–Trinajstić information content (AvgIpc) is 2.77. The fourth-order valence-electron chi connectivity index (χ4n) is 2.27. The van der Waals surface area contributed by atoms with Crippen molar-refractivity contribution in [1.82, 2.24) is 4.90 Å². The Morgan fingerprint density at radius 2 is 1.75 bits per heavy atom. The number of aliphatic hydroxyl groups is 1.